The minimum Gasteiger partial charge on any atom is -0.494 e. The van der Waals surface area contributed by atoms with Crippen molar-refractivity contribution in [1.82, 2.24) is 14.8 Å². The van der Waals surface area contributed by atoms with Gasteiger partial charge >= 0.3 is 0 Å². The zero-order chi connectivity index (χ0) is 14.4. The van der Waals surface area contributed by atoms with Gasteiger partial charge in [0.25, 0.3) is 0 Å². The van der Waals surface area contributed by atoms with Gasteiger partial charge in [0.05, 0.1) is 19.1 Å². The molecule has 0 aliphatic rings. The number of rotatable bonds is 6. The molecule has 0 fully saturated rings. The SMILES string of the molecule is CCOc1ccc(NC(=O)C(C)Cn2cncn2)cc1. The molecule has 2 aromatic rings. The van der Waals surface area contributed by atoms with Crippen LogP contribution in [0.5, 0.6) is 5.75 Å². The van der Waals surface area contributed by atoms with E-state index in [1.165, 1.54) is 6.33 Å². The van der Waals surface area contributed by atoms with Crippen LogP contribution >= 0.6 is 0 Å². The number of anilines is 1. The number of ether oxygens (including phenoxy) is 1. The molecule has 1 atom stereocenters. The maximum absolute atomic E-state index is 12.0. The topological polar surface area (TPSA) is 69.0 Å². The van der Waals surface area contributed by atoms with Crippen LogP contribution in [0.25, 0.3) is 0 Å². The van der Waals surface area contributed by atoms with Crippen molar-refractivity contribution in [1.29, 1.82) is 0 Å². The smallest absolute Gasteiger partial charge is 0.229 e. The molecule has 1 N–H and O–H groups in total. The van der Waals surface area contributed by atoms with E-state index in [4.69, 9.17) is 4.74 Å². The van der Waals surface area contributed by atoms with E-state index in [0.29, 0.717) is 13.2 Å². The largest absolute Gasteiger partial charge is 0.494 e. The molecule has 1 unspecified atom stereocenters. The zero-order valence-corrected chi connectivity index (χ0v) is 11.6. The Morgan fingerprint density at radius 1 is 1.40 bits per heavy atom. The van der Waals surface area contributed by atoms with E-state index in [9.17, 15) is 4.79 Å². The van der Waals surface area contributed by atoms with Crippen molar-refractivity contribution in [3.8, 4) is 5.75 Å². The van der Waals surface area contributed by atoms with Gasteiger partial charge in [0.1, 0.15) is 18.4 Å². The third kappa shape index (κ3) is 3.81. The summed E-state index contributed by atoms with van der Waals surface area (Å²) in [6, 6.07) is 7.32. The summed E-state index contributed by atoms with van der Waals surface area (Å²) < 4.78 is 6.99. The number of aromatic nitrogens is 3. The summed E-state index contributed by atoms with van der Waals surface area (Å²) >= 11 is 0. The maximum Gasteiger partial charge on any atom is 0.229 e. The number of amides is 1. The van der Waals surface area contributed by atoms with E-state index in [2.05, 4.69) is 15.4 Å². The molecular weight excluding hydrogens is 256 g/mol. The van der Waals surface area contributed by atoms with Gasteiger partial charge in [-0.25, -0.2) is 4.98 Å². The summed E-state index contributed by atoms with van der Waals surface area (Å²) in [6.45, 7) is 4.91. The van der Waals surface area contributed by atoms with Crippen molar-refractivity contribution in [2.24, 2.45) is 5.92 Å². The number of nitrogens with zero attached hydrogens (tertiary/aromatic N) is 3. The zero-order valence-electron chi connectivity index (χ0n) is 11.6. The number of hydrogen-bond acceptors (Lipinski definition) is 4. The number of hydrogen-bond donors (Lipinski definition) is 1. The molecule has 1 amide bonds. The molecule has 20 heavy (non-hydrogen) atoms. The molecule has 6 nitrogen and oxygen atoms in total. The second kappa shape index (κ2) is 6.70. The van der Waals surface area contributed by atoms with E-state index in [0.717, 1.165) is 11.4 Å². The molecule has 2 rings (SSSR count). The quantitative estimate of drug-likeness (QED) is 0.874. The van der Waals surface area contributed by atoms with E-state index < -0.39 is 0 Å². The molecule has 6 heteroatoms. The maximum atomic E-state index is 12.0. The van der Waals surface area contributed by atoms with Crippen molar-refractivity contribution >= 4 is 11.6 Å². The van der Waals surface area contributed by atoms with Gasteiger partial charge in [-0.1, -0.05) is 6.92 Å². The monoisotopic (exact) mass is 274 g/mol. The number of benzene rings is 1. The van der Waals surface area contributed by atoms with Crippen LogP contribution in [0.1, 0.15) is 13.8 Å². The predicted molar refractivity (Wildman–Crippen MR) is 75.4 cm³/mol. The molecule has 0 aliphatic heterocycles. The van der Waals surface area contributed by atoms with Crippen LogP contribution in [0.3, 0.4) is 0 Å². The fraction of sp³-hybridized carbons (Fsp3) is 0.357. The van der Waals surface area contributed by atoms with E-state index >= 15 is 0 Å². The third-order valence-corrected chi connectivity index (χ3v) is 2.81. The van der Waals surface area contributed by atoms with E-state index in [-0.39, 0.29) is 11.8 Å². The summed E-state index contributed by atoms with van der Waals surface area (Å²) in [5.41, 5.74) is 0.754. The summed E-state index contributed by atoms with van der Waals surface area (Å²) in [4.78, 5) is 15.9. The highest BCUT2D eigenvalue weighted by Crippen LogP contribution is 2.16. The molecule has 0 saturated heterocycles. The molecular formula is C14H18N4O2. The Labute approximate surface area is 117 Å². The molecule has 106 valence electrons. The minimum atomic E-state index is -0.191. The van der Waals surface area contributed by atoms with Gasteiger partial charge < -0.3 is 10.1 Å². The van der Waals surface area contributed by atoms with Crippen LogP contribution in [0.15, 0.2) is 36.9 Å². The van der Waals surface area contributed by atoms with E-state index in [1.807, 2.05) is 38.1 Å². The molecule has 0 bridgehead atoms. The Hall–Kier alpha value is -2.37. The Kier molecular flexibility index (Phi) is 4.70. The Balaban J connectivity index is 1.90. The van der Waals surface area contributed by atoms with Gasteiger partial charge in [-0.05, 0) is 31.2 Å². The average molecular weight is 274 g/mol. The molecule has 1 heterocycles. The van der Waals surface area contributed by atoms with Crippen molar-refractivity contribution in [2.45, 2.75) is 20.4 Å². The highest BCUT2D eigenvalue weighted by molar-refractivity contribution is 5.92. The average Bonchev–Trinajstić information content (AvgIpc) is 2.94. The molecule has 1 aromatic carbocycles. The van der Waals surface area contributed by atoms with Crippen LogP contribution in [0.2, 0.25) is 0 Å². The highest BCUT2D eigenvalue weighted by atomic mass is 16.5. The molecule has 1 aromatic heterocycles. The van der Waals surface area contributed by atoms with Crippen molar-refractivity contribution < 1.29 is 9.53 Å². The molecule has 0 saturated carbocycles. The second-order valence-electron chi connectivity index (χ2n) is 4.47. The first-order valence-electron chi connectivity index (χ1n) is 6.55. The summed E-state index contributed by atoms with van der Waals surface area (Å²) in [5, 5.41) is 6.85. The Bertz CT molecular complexity index is 537. The number of carbonyl (C=O) groups excluding carboxylic acids is 1. The molecule has 0 spiro atoms. The van der Waals surface area contributed by atoms with Crippen molar-refractivity contribution in [2.75, 3.05) is 11.9 Å². The van der Waals surface area contributed by atoms with E-state index in [1.54, 1.807) is 11.0 Å². The first kappa shape index (κ1) is 14.0. The van der Waals surface area contributed by atoms with Crippen LogP contribution < -0.4 is 10.1 Å². The lowest BCUT2D eigenvalue weighted by molar-refractivity contribution is -0.119. The fourth-order valence-electron chi connectivity index (χ4n) is 1.76. The van der Waals surface area contributed by atoms with Crippen LogP contribution in [-0.2, 0) is 11.3 Å². The fourth-order valence-corrected chi connectivity index (χ4v) is 1.76. The number of nitrogens with one attached hydrogen (secondary N) is 1. The van der Waals surface area contributed by atoms with Gasteiger partial charge in [0.15, 0.2) is 0 Å². The van der Waals surface area contributed by atoms with Crippen LogP contribution in [-0.4, -0.2) is 27.3 Å². The first-order chi connectivity index (χ1) is 9.69. The number of carbonyl (C=O) groups is 1. The lowest BCUT2D eigenvalue weighted by Gasteiger charge is -2.12. The third-order valence-electron chi connectivity index (χ3n) is 2.81. The van der Waals surface area contributed by atoms with Gasteiger partial charge in [0, 0.05) is 5.69 Å². The summed E-state index contributed by atoms with van der Waals surface area (Å²) in [5.74, 6) is 0.550. The standard InChI is InChI=1S/C14H18N4O2/c1-3-20-13-6-4-12(5-7-13)17-14(19)11(2)8-18-10-15-9-16-18/h4-7,9-11H,3,8H2,1-2H3,(H,17,19). The van der Waals surface area contributed by atoms with Gasteiger partial charge in [-0.2, -0.15) is 5.10 Å². The van der Waals surface area contributed by atoms with Crippen LogP contribution in [0, 0.1) is 5.92 Å². The normalized spacial score (nSPS) is 11.9. The van der Waals surface area contributed by atoms with Crippen molar-refractivity contribution in [3.63, 3.8) is 0 Å². The van der Waals surface area contributed by atoms with Gasteiger partial charge in [-0.15, -0.1) is 0 Å². The lowest BCUT2D eigenvalue weighted by atomic mass is 10.1. The Morgan fingerprint density at radius 2 is 2.15 bits per heavy atom. The summed E-state index contributed by atoms with van der Waals surface area (Å²) in [6.07, 6.45) is 3.05. The molecule has 0 radical (unpaired) electrons. The van der Waals surface area contributed by atoms with Crippen molar-refractivity contribution in [3.05, 3.63) is 36.9 Å². The predicted octanol–water partition coefficient (Wildman–Crippen LogP) is 1.95. The van der Waals surface area contributed by atoms with Crippen LogP contribution in [0.4, 0.5) is 5.69 Å². The Morgan fingerprint density at radius 3 is 2.75 bits per heavy atom. The van der Waals surface area contributed by atoms with Gasteiger partial charge in [0.2, 0.25) is 5.91 Å². The second-order valence-corrected chi connectivity index (χ2v) is 4.47. The first-order valence-corrected chi connectivity index (χ1v) is 6.55. The lowest BCUT2D eigenvalue weighted by Crippen LogP contribution is -2.24. The minimum absolute atomic E-state index is 0.0512. The highest BCUT2D eigenvalue weighted by Gasteiger charge is 2.14. The summed E-state index contributed by atoms with van der Waals surface area (Å²) in [7, 11) is 0. The van der Waals surface area contributed by atoms with Gasteiger partial charge in [-0.3, -0.25) is 9.48 Å². The molecule has 0 aliphatic carbocycles.